The van der Waals surface area contributed by atoms with Crippen molar-refractivity contribution in [3.63, 3.8) is 0 Å². The van der Waals surface area contributed by atoms with Gasteiger partial charge >= 0.3 is 5.97 Å². The number of piperidine rings is 1. The molecule has 5 nitrogen and oxygen atoms in total. The van der Waals surface area contributed by atoms with Crippen molar-refractivity contribution in [2.75, 3.05) is 32.8 Å². The second-order valence-electron chi connectivity index (χ2n) is 6.62. The van der Waals surface area contributed by atoms with Gasteiger partial charge in [0.25, 0.3) is 0 Å². The number of nitrogens with zero attached hydrogens (tertiary/aromatic N) is 2. The summed E-state index contributed by atoms with van der Waals surface area (Å²) in [5.74, 6) is -0.174. The van der Waals surface area contributed by atoms with Gasteiger partial charge in [0.15, 0.2) is 0 Å². The molecular formula is C18H26N2O3S. The lowest BCUT2D eigenvalue weighted by atomic mass is 9.98. The van der Waals surface area contributed by atoms with Crippen molar-refractivity contribution in [2.24, 2.45) is 5.92 Å². The first-order valence-electron chi connectivity index (χ1n) is 8.89. The second-order valence-corrected chi connectivity index (χ2v) is 7.40. The molecule has 0 radical (unpaired) electrons. The summed E-state index contributed by atoms with van der Waals surface area (Å²) in [7, 11) is 0. The molecular weight excluding hydrogens is 324 g/mol. The van der Waals surface area contributed by atoms with E-state index in [-0.39, 0.29) is 17.8 Å². The summed E-state index contributed by atoms with van der Waals surface area (Å²) < 4.78 is 5.12. The van der Waals surface area contributed by atoms with Gasteiger partial charge in [0, 0.05) is 19.1 Å². The van der Waals surface area contributed by atoms with E-state index in [1.807, 2.05) is 11.8 Å². The first kappa shape index (κ1) is 17.4. The van der Waals surface area contributed by atoms with Crippen LogP contribution in [0.5, 0.6) is 0 Å². The van der Waals surface area contributed by atoms with Crippen molar-refractivity contribution in [3.8, 4) is 0 Å². The molecule has 132 valence electrons. The zero-order chi connectivity index (χ0) is 16.9. The average Bonchev–Trinajstić information content (AvgIpc) is 3.26. The van der Waals surface area contributed by atoms with Crippen LogP contribution in [0.25, 0.3) is 0 Å². The van der Waals surface area contributed by atoms with Crippen LogP contribution in [0.3, 0.4) is 0 Å². The number of hydrogen-bond donors (Lipinski definition) is 0. The molecule has 2 aliphatic heterocycles. The number of rotatable bonds is 5. The van der Waals surface area contributed by atoms with Gasteiger partial charge in [-0.05, 0) is 61.5 Å². The van der Waals surface area contributed by atoms with Crippen LogP contribution >= 0.6 is 11.3 Å². The summed E-state index contributed by atoms with van der Waals surface area (Å²) in [6, 6.07) is 2.53. The third-order valence-corrected chi connectivity index (χ3v) is 5.73. The smallest absolute Gasteiger partial charge is 0.310 e. The van der Waals surface area contributed by atoms with Crippen LogP contribution < -0.4 is 0 Å². The fraction of sp³-hybridized carbons (Fsp3) is 0.667. The monoisotopic (exact) mass is 350 g/mol. The van der Waals surface area contributed by atoms with Gasteiger partial charge in [0.1, 0.15) is 0 Å². The minimum Gasteiger partial charge on any atom is -0.466 e. The molecule has 0 bridgehead atoms. The third-order valence-electron chi connectivity index (χ3n) is 5.02. The Morgan fingerprint density at radius 3 is 2.88 bits per heavy atom. The molecule has 1 aromatic heterocycles. The average molecular weight is 350 g/mol. The highest BCUT2D eigenvalue weighted by atomic mass is 32.1. The number of amides is 1. The van der Waals surface area contributed by atoms with E-state index in [1.165, 1.54) is 5.56 Å². The minimum atomic E-state index is -0.160. The zero-order valence-electron chi connectivity index (χ0n) is 14.3. The van der Waals surface area contributed by atoms with Crippen LogP contribution in [0.4, 0.5) is 0 Å². The Kier molecular flexibility index (Phi) is 5.89. The molecule has 1 aromatic rings. The summed E-state index contributed by atoms with van der Waals surface area (Å²) in [6.45, 7) is 4.92. The Labute approximate surface area is 147 Å². The molecule has 2 atom stereocenters. The predicted octanol–water partition coefficient (Wildman–Crippen LogP) is 2.69. The third kappa shape index (κ3) is 3.98. The van der Waals surface area contributed by atoms with E-state index < -0.39 is 0 Å². The normalized spacial score (nSPS) is 25.0. The predicted molar refractivity (Wildman–Crippen MR) is 93.8 cm³/mol. The summed E-state index contributed by atoms with van der Waals surface area (Å²) >= 11 is 1.71. The second kappa shape index (κ2) is 8.12. The largest absolute Gasteiger partial charge is 0.466 e. The molecule has 0 aromatic carbocycles. The van der Waals surface area contributed by atoms with Gasteiger partial charge in [-0.2, -0.15) is 11.3 Å². The van der Waals surface area contributed by atoms with Crippen molar-refractivity contribution in [3.05, 3.63) is 22.4 Å². The topological polar surface area (TPSA) is 49.9 Å². The van der Waals surface area contributed by atoms with Crippen molar-refractivity contribution in [2.45, 2.75) is 38.6 Å². The summed E-state index contributed by atoms with van der Waals surface area (Å²) in [6.07, 6.45) is 3.96. The molecule has 0 aliphatic carbocycles. The Balaban J connectivity index is 1.57. The summed E-state index contributed by atoms with van der Waals surface area (Å²) in [5, 5.41) is 4.29. The van der Waals surface area contributed by atoms with Crippen LogP contribution in [0.15, 0.2) is 16.8 Å². The van der Waals surface area contributed by atoms with Crippen molar-refractivity contribution < 1.29 is 14.3 Å². The number of thiophene rings is 1. The quantitative estimate of drug-likeness (QED) is 0.766. The first-order chi connectivity index (χ1) is 11.7. The van der Waals surface area contributed by atoms with Gasteiger partial charge in [-0.1, -0.05) is 0 Å². The standard InChI is InChI=1S/C18H26N2O3S/c1-2-23-18(22)14-5-3-9-20(11-14)17(21)12-19-8-4-6-16(19)15-7-10-24-13-15/h7,10,13-14,16H,2-6,8-9,11-12H2,1H3/t14-,16+/m0/s1. The van der Waals surface area contributed by atoms with E-state index in [9.17, 15) is 9.59 Å². The maximum atomic E-state index is 12.7. The van der Waals surface area contributed by atoms with Gasteiger partial charge < -0.3 is 9.64 Å². The lowest BCUT2D eigenvalue weighted by Gasteiger charge is -2.33. The number of likely N-dealkylation sites (tertiary alicyclic amines) is 2. The molecule has 0 unspecified atom stereocenters. The summed E-state index contributed by atoms with van der Waals surface area (Å²) in [5.41, 5.74) is 1.33. The van der Waals surface area contributed by atoms with Gasteiger partial charge in [-0.25, -0.2) is 0 Å². The Morgan fingerprint density at radius 2 is 2.12 bits per heavy atom. The Morgan fingerprint density at radius 1 is 1.29 bits per heavy atom. The molecule has 2 fully saturated rings. The van der Waals surface area contributed by atoms with Crippen molar-refractivity contribution >= 4 is 23.2 Å². The fourth-order valence-corrected chi connectivity index (χ4v) is 4.49. The maximum absolute atomic E-state index is 12.7. The molecule has 0 spiro atoms. The summed E-state index contributed by atoms with van der Waals surface area (Å²) in [4.78, 5) is 28.8. The number of esters is 1. The SMILES string of the molecule is CCOC(=O)[C@H]1CCCN(C(=O)CN2CCC[C@@H]2c2ccsc2)C1. The van der Waals surface area contributed by atoms with Crippen LogP contribution in [0.2, 0.25) is 0 Å². The van der Waals surface area contributed by atoms with Crippen molar-refractivity contribution in [1.29, 1.82) is 0 Å². The highest BCUT2D eigenvalue weighted by Crippen LogP contribution is 2.33. The Bertz CT molecular complexity index is 561. The molecule has 1 amide bonds. The molecule has 3 rings (SSSR count). The molecule has 3 heterocycles. The highest BCUT2D eigenvalue weighted by molar-refractivity contribution is 7.07. The minimum absolute atomic E-state index is 0.145. The number of carbonyl (C=O) groups is 2. The molecule has 0 saturated carbocycles. The lowest BCUT2D eigenvalue weighted by Crippen LogP contribution is -2.46. The molecule has 2 aliphatic rings. The van der Waals surface area contributed by atoms with Crippen molar-refractivity contribution in [1.82, 2.24) is 9.80 Å². The maximum Gasteiger partial charge on any atom is 0.310 e. The van der Waals surface area contributed by atoms with Crippen LogP contribution in [-0.2, 0) is 14.3 Å². The lowest BCUT2D eigenvalue weighted by molar-refractivity contribution is -0.151. The first-order valence-corrected chi connectivity index (χ1v) is 9.84. The van der Waals surface area contributed by atoms with E-state index >= 15 is 0 Å². The number of ether oxygens (including phenoxy) is 1. The molecule has 24 heavy (non-hydrogen) atoms. The Hall–Kier alpha value is -1.40. The molecule has 0 N–H and O–H groups in total. The number of hydrogen-bond acceptors (Lipinski definition) is 5. The fourth-order valence-electron chi connectivity index (χ4n) is 3.79. The van der Waals surface area contributed by atoms with Gasteiger partial charge in [-0.15, -0.1) is 0 Å². The van der Waals surface area contributed by atoms with Gasteiger partial charge in [-0.3, -0.25) is 14.5 Å². The van der Waals surface area contributed by atoms with Crippen LogP contribution in [-0.4, -0.2) is 54.5 Å². The van der Waals surface area contributed by atoms with E-state index in [4.69, 9.17) is 4.74 Å². The van der Waals surface area contributed by atoms with Crippen LogP contribution in [0, 0.1) is 5.92 Å². The number of carbonyl (C=O) groups excluding carboxylic acids is 2. The van der Waals surface area contributed by atoms with Gasteiger partial charge in [0.2, 0.25) is 5.91 Å². The molecule has 6 heteroatoms. The highest BCUT2D eigenvalue weighted by Gasteiger charge is 2.32. The van der Waals surface area contributed by atoms with Gasteiger partial charge in [0.05, 0.1) is 19.1 Å². The van der Waals surface area contributed by atoms with E-state index in [2.05, 4.69) is 21.7 Å². The van der Waals surface area contributed by atoms with E-state index in [0.717, 1.165) is 38.8 Å². The zero-order valence-corrected chi connectivity index (χ0v) is 15.1. The van der Waals surface area contributed by atoms with E-state index in [1.54, 1.807) is 11.3 Å². The van der Waals surface area contributed by atoms with E-state index in [0.29, 0.717) is 25.7 Å². The van der Waals surface area contributed by atoms with Crippen LogP contribution in [0.1, 0.15) is 44.2 Å². The molecule has 2 saturated heterocycles.